The number of rotatable bonds is 4. The zero-order chi connectivity index (χ0) is 20.4. The highest BCUT2D eigenvalue weighted by molar-refractivity contribution is 6.05. The summed E-state index contributed by atoms with van der Waals surface area (Å²) in [7, 11) is 1.57. The number of aryl methyl sites for hydroxylation is 1. The van der Waals surface area contributed by atoms with E-state index < -0.39 is 0 Å². The van der Waals surface area contributed by atoms with E-state index in [1.807, 2.05) is 31.2 Å². The van der Waals surface area contributed by atoms with Crippen LogP contribution in [0.25, 0.3) is 22.3 Å². The SMILES string of the molecule is COc1ccc(C(=O)Nc2ccc3oc(-c4cccc(C)c4)cc(=O)c3c2)cc1. The lowest BCUT2D eigenvalue weighted by molar-refractivity contribution is 0.102. The van der Waals surface area contributed by atoms with Crippen molar-refractivity contribution in [2.24, 2.45) is 0 Å². The zero-order valence-corrected chi connectivity index (χ0v) is 16.1. The number of benzene rings is 3. The van der Waals surface area contributed by atoms with Gasteiger partial charge in [-0.15, -0.1) is 0 Å². The zero-order valence-electron chi connectivity index (χ0n) is 16.1. The molecule has 5 nitrogen and oxygen atoms in total. The van der Waals surface area contributed by atoms with Gasteiger partial charge in [-0.25, -0.2) is 0 Å². The van der Waals surface area contributed by atoms with E-state index in [-0.39, 0.29) is 11.3 Å². The normalized spacial score (nSPS) is 10.7. The van der Waals surface area contributed by atoms with E-state index in [4.69, 9.17) is 9.15 Å². The monoisotopic (exact) mass is 385 g/mol. The number of carbonyl (C=O) groups excluding carboxylic acids is 1. The second kappa shape index (κ2) is 7.64. The average molecular weight is 385 g/mol. The fraction of sp³-hybridized carbons (Fsp3) is 0.0833. The first-order valence-electron chi connectivity index (χ1n) is 9.14. The Morgan fingerprint density at radius 3 is 2.48 bits per heavy atom. The first-order chi connectivity index (χ1) is 14.0. The molecular formula is C24H19NO4. The van der Waals surface area contributed by atoms with Crippen molar-refractivity contribution >= 4 is 22.6 Å². The molecule has 0 fully saturated rings. The van der Waals surface area contributed by atoms with Crippen molar-refractivity contribution in [3.8, 4) is 17.1 Å². The van der Waals surface area contributed by atoms with Gasteiger partial charge in [-0.1, -0.05) is 23.8 Å². The van der Waals surface area contributed by atoms with Crippen LogP contribution in [0.15, 0.2) is 82.0 Å². The smallest absolute Gasteiger partial charge is 0.255 e. The number of nitrogens with one attached hydrogen (secondary N) is 1. The number of amides is 1. The van der Waals surface area contributed by atoms with Crippen molar-refractivity contribution in [2.45, 2.75) is 6.92 Å². The summed E-state index contributed by atoms with van der Waals surface area (Å²) in [5.41, 5.74) is 3.25. The quantitative estimate of drug-likeness (QED) is 0.535. The van der Waals surface area contributed by atoms with Gasteiger partial charge >= 0.3 is 0 Å². The highest BCUT2D eigenvalue weighted by Gasteiger charge is 2.11. The van der Waals surface area contributed by atoms with Crippen LogP contribution in [0.4, 0.5) is 5.69 Å². The minimum absolute atomic E-state index is 0.164. The number of methoxy groups -OCH3 is 1. The summed E-state index contributed by atoms with van der Waals surface area (Å²) in [6.07, 6.45) is 0. The molecule has 0 aliphatic heterocycles. The molecule has 4 aromatic rings. The maximum absolute atomic E-state index is 12.6. The molecule has 1 aromatic heterocycles. The maximum atomic E-state index is 12.6. The number of fused-ring (bicyclic) bond motifs is 1. The van der Waals surface area contributed by atoms with Crippen LogP contribution >= 0.6 is 0 Å². The molecule has 4 rings (SSSR count). The molecule has 0 bridgehead atoms. The Morgan fingerprint density at radius 2 is 1.76 bits per heavy atom. The third kappa shape index (κ3) is 3.89. The number of hydrogen-bond donors (Lipinski definition) is 1. The third-order valence-electron chi connectivity index (χ3n) is 4.64. The van der Waals surface area contributed by atoms with Crippen LogP contribution < -0.4 is 15.5 Å². The van der Waals surface area contributed by atoms with Crippen LogP contribution in [0, 0.1) is 6.92 Å². The van der Waals surface area contributed by atoms with E-state index in [2.05, 4.69) is 5.32 Å². The molecule has 0 saturated heterocycles. The average Bonchev–Trinajstić information content (AvgIpc) is 2.74. The Hall–Kier alpha value is -3.86. The van der Waals surface area contributed by atoms with Crippen molar-refractivity contribution in [2.75, 3.05) is 12.4 Å². The van der Waals surface area contributed by atoms with Crippen LogP contribution in [0.5, 0.6) is 5.75 Å². The second-order valence-corrected chi connectivity index (χ2v) is 6.74. The van der Waals surface area contributed by atoms with Gasteiger partial charge < -0.3 is 14.5 Å². The van der Waals surface area contributed by atoms with Crippen LogP contribution in [-0.4, -0.2) is 13.0 Å². The summed E-state index contributed by atoms with van der Waals surface area (Å²) < 4.78 is 11.0. The van der Waals surface area contributed by atoms with E-state index in [9.17, 15) is 9.59 Å². The molecule has 0 spiro atoms. The van der Waals surface area contributed by atoms with Gasteiger partial charge in [0.1, 0.15) is 17.1 Å². The molecule has 0 aliphatic carbocycles. The fourth-order valence-electron chi connectivity index (χ4n) is 3.12. The lowest BCUT2D eigenvalue weighted by Crippen LogP contribution is -2.12. The molecule has 0 unspecified atom stereocenters. The number of carbonyl (C=O) groups is 1. The largest absolute Gasteiger partial charge is 0.497 e. The van der Waals surface area contributed by atoms with Gasteiger partial charge in [0, 0.05) is 22.9 Å². The van der Waals surface area contributed by atoms with Crippen LogP contribution in [-0.2, 0) is 0 Å². The lowest BCUT2D eigenvalue weighted by atomic mass is 10.1. The van der Waals surface area contributed by atoms with E-state index in [1.165, 1.54) is 6.07 Å². The molecule has 5 heteroatoms. The minimum atomic E-state index is -0.271. The first kappa shape index (κ1) is 18.5. The number of hydrogen-bond acceptors (Lipinski definition) is 4. The van der Waals surface area contributed by atoms with E-state index in [1.54, 1.807) is 49.6 Å². The van der Waals surface area contributed by atoms with Gasteiger partial charge in [-0.05, 0) is 55.5 Å². The summed E-state index contributed by atoms with van der Waals surface area (Å²) in [4.78, 5) is 25.1. The first-order valence-corrected chi connectivity index (χ1v) is 9.14. The van der Waals surface area contributed by atoms with Crippen LogP contribution in [0.1, 0.15) is 15.9 Å². The standard InChI is InChI=1S/C24H19NO4/c1-15-4-3-5-17(12-15)23-14-21(26)20-13-18(8-11-22(20)29-23)25-24(27)16-6-9-19(28-2)10-7-16/h3-14H,1-2H3,(H,25,27). The number of anilines is 1. The van der Waals surface area contributed by atoms with E-state index in [0.717, 1.165) is 11.1 Å². The van der Waals surface area contributed by atoms with E-state index >= 15 is 0 Å². The van der Waals surface area contributed by atoms with Gasteiger partial charge in [0.2, 0.25) is 0 Å². The Kier molecular flexibility index (Phi) is 4.87. The predicted octanol–water partition coefficient (Wildman–Crippen LogP) is 5.03. The summed E-state index contributed by atoms with van der Waals surface area (Å²) in [6, 6.07) is 21.1. The molecule has 3 aromatic carbocycles. The van der Waals surface area contributed by atoms with Gasteiger partial charge in [-0.3, -0.25) is 9.59 Å². The second-order valence-electron chi connectivity index (χ2n) is 6.74. The molecule has 0 radical (unpaired) electrons. The molecule has 0 aliphatic rings. The van der Waals surface area contributed by atoms with Gasteiger partial charge in [-0.2, -0.15) is 0 Å². The van der Waals surface area contributed by atoms with Crippen molar-refractivity contribution in [3.05, 3.63) is 94.1 Å². The van der Waals surface area contributed by atoms with E-state index in [0.29, 0.717) is 33.7 Å². The van der Waals surface area contributed by atoms with Crippen molar-refractivity contribution < 1.29 is 13.9 Å². The fourth-order valence-corrected chi connectivity index (χ4v) is 3.12. The minimum Gasteiger partial charge on any atom is -0.497 e. The van der Waals surface area contributed by atoms with Crippen LogP contribution in [0.2, 0.25) is 0 Å². The summed E-state index contributed by atoms with van der Waals surface area (Å²) in [6.45, 7) is 1.99. The molecule has 144 valence electrons. The molecule has 29 heavy (non-hydrogen) atoms. The third-order valence-corrected chi connectivity index (χ3v) is 4.64. The van der Waals surface area contributed by atoms with Crippen molar-refractivity contribution in [3.63, 3.8) is 0 Å². The molecule has 1 N–H and O–H groups in total. The van der Waals surface area contributed by atoms with Crippen molar-refractivity contribution in [1.29, 1.82) is 0 Å². The Bertz CT molecular complexity index is 1260. The number of ether oxygens (including phenoxy) is 1. The topological polar surface area (TPSA) is 68.5 Å². The predicted molar refractivity (Wildman–Crippen MR) is 114 cm³/mol. The van der Waals surface area contributed by atoms with Gasteiger partial charge in [0.15, 0.2) is 5.43 Å². The lowest BCUT2D eigenvalue weighted by Gasteiger charge is -2.08. The van der Waals surface area contributed by atoms with Crippen LogP contribution in [0.3, 0.4) is 0 Å². The molecule has 1 heterocycles. The molecule has 0 saturated carbocycles. The molecule has 0 atom stereocenters. The summed E-state index contributed by atoms with van der Waals surface area (Å²) in [5, 5.41) is 3.22. The Morgan fingerprint density at radius 1 is 0.966 bits per heavy atom. The van der Waals surface area contributed by atoms with Gasteiger partial charge in [0.05, 0.1) is 12.5 Å². The molecule has 1 amide bonds. The summed E-state index contributed by atoms with van der Waals surface area (Å²) in [5.74, 6) is 0.920. The highest BCUT2D eigenvalue weighted by Crippen LogP contribution is 2.25. The Balaban J connectivity index is 1.64. The molecular weight excluding hydrogens is 366 g/mol. The summed E-state index contributed by atoms with van der Waals surface area (Å²) >= 11 is 0. The van der Waals surface area contributed by atoms with Crippen molar-refractivity contribution in [1.82, 2.24) is 0 Å². The maximum Gasteiger partial charge on any atom is 0.255 e. The van der Waals surface area contributed by atoms with Gasteiger partial charge in [0.25, 0.3) is 5.91 Å². The Labute approximate surface area is 167 Å². The highest BCUT2D eigenvalue weighted by atomic mass is 16.5.